The van der Waals surface area contributed by atoms with Crippen molar-refractivity contribution in [3.05, 3.63) is 71.9 Å². The van der Waals surface area contributed by atoms with Crippen molar-refractivity contribution in [1.29, 1.82) is 0 Å². The highest BCUT2D eigenvalue weighted by Crippen LogP contribution is 2.31. The van der Waals surface area contributed by atoms with E-state index < -0.39 is 14.0 Å². The van der Waals surface area contributed by atoms with Crippen molar-refractivity contribution in [2.75, 3.05) is 6.61 Å². The summed E-state index contributed by atoms with van der Waals surface area (Å²) >= 11 is 0. The fourth-order valence-electron chi connectivity index (χ4n) is 2.91. The first-order valence-electron chi connectivity index (χ1n) is 9.98. The van der Waals surface area contributed by atoms with Crippen LogP contribution in [0.5, 0.6) is 5.75 Å². The third-order valence-electron chi connectivity index (χ3n) is 4.61. The largest absolute Gasteiger partial charge is 0.488 e. The van der Waals surface area contributed by atoms with Crippen LogP contribution in [-0.2, 0) is 18.1 Å². The normalized spacial score (nSPS) is 11.4. The number of hydrogen-bond acceptors (Lipinski definition) is 4. The zero-order valence-electron chi connectivity index (χ0n) is 17.7. The molecule has 6 nitrogen and oxygen atoms in total. The van der Waals surface area contributed by atoms with Gasteiger partial charge in [0.2, 0.25) is 0 Å². The summed E-state index contributed by atoms with van der Waals surface area (Å²) in [6.45, 7) is 8.11. The molecule has 0 radical (unpaired) electrons. The molecule has 0 aliphatic rings. The SMILES string of the molecule is C[Si](C)(C)CCOCn1nc(C(=O)O)cc1-c1ccccc1OCc1ccccc1. The molecule has 1 aromatic heterocycles. The number of nitrogens with zero attached hydrogens (tertiary/aromatic N) is 2. The molecular weight excluding hydrogens is 396 g/mol. The van der Waals surface area contributed by atoms with Gasteiger partial charge in [0.1, 0.15) is 19.1 Å². The maximum Gasteiger partial charge on any atom is 0.356 e. The Bertz CT molecular complexity index is 980. The van der Waals surface area contributed by atoms with E-state index in [1.807, 2.05) is 54.6 Å². The molecule has 0 aliphatic heterocycles. The van der Waals surface area contributed by atoms with Crippen molar-refractivity contribution < 1.29 is 19.4 Å². The molecule has 0 unspecified atom stereocenters. The van der Waals surface area contributed by atoms with Gasteiger partial charge in [-0.1, -0.05) is 62.1 Å². The second-order valence-electron chi connectivity index (χ2n) is 8.34. The van der Waals surface area contributed by atoms with E-state index in [1.165, 1.54) is 0 Å². The number of carboxylic acid groups (broad SMARTS) is 1. The number of benzene rings is 2. The van der Waals surface area contributed by atoms with E-state index in [4.69, 9.17) is 9.47 Å². The topological polar surface area (TPSA) is 73.6 Å². The van der Waals surface area contributed by atoms with Gasteiger partial charge in [0, 0.05) is 20.2 Å². The van der Waals surface area contributed by atoms with Crippen LogP contribution in [0.3, 0.4) is 0 Å². The number of ether oxygens (including phenoxy) is 2. The Kier molecular flexibility index (Phi) is 7.07. The van der Waals surface area contributed by atoms with E-state index in [0.717, 1.165) is 17.2 Å². The second kappa shape index (κ2) is 9.73. The van der Waals surface area contributed by atoms with Crippen LogP contribution in [0.15, 0.2) is 60.7 Å². The molecule has 0 saturated heterocycles. The Morgan fingerprint density at radius 3 is 2.47 bits per heavy atom. The van der Waals surface area contributed by atoms with Gasteiger partial charge in [-0.2, -0.15) is 5.10 Å². The first-order chi connectivity index (χ1) is 14.3. The maximum absolute atomic E-state index is 11.5. The van der Waals surface area contributed by atoms with E-state index in [0.29, 0.717) is 24.7 Å². The first kappa shape index (κ1) is 21.8. The number of para-hydroxylation sites is 1. The first-order valence-corrected chi connectivity index (χ1v) is 13.7. The lowest BCUT2D eigenvalue weighted by Gasteiger charge is -2.16. The van der Waals surface area contributed by atoms with Crippen molar-refractivity contribution in [2.24, 2.45) is 0 Å². The van der Waals surface area contributed by atoms with E-state index in [1.54, 1.807) is 10.7 Å². The molecule has 0 spiro atoms. The van der Waals surface area contributed by atoms with Crippen molar-refractivity contribution in [3.8, 4) is 17.0 Å². The zero-order valence-corrected chi connectivity index (χ0v) is 18.7. The number of hydrogen-bond donors (Lipinski definition) is 1. The van der Waals surface area contributed by atoms with E-state index in [2.05, 4.69) is 24.7 Å². The number of carboxylic acids is 1. The number of aromatic nitrogens is 2. The van der Waals surface area contributed by atoms with Gasteiger partial charge in [-0.25, -0.2) is 9.48 Å². The predicted octanol–water partition coefficient (Wildman–Crippen LogP) is 5.14. The van der Waals surface area contributed by atoms with Crippen LogP contribution in [0.4, 0.5) is 0 Å². The molecule has 0 aliphatic carbocycles. The monoisotopic (exact) mass is 424 g/mol. The fraction of sp³-hybridized carbons (Fsp3) is 0.304. The Morgan fingerprint density at radius 1 is 1.07 bits per heavy atom. The Labute approximate surface area is 178 Å². The Morgan fingerprint density at radius 2 is 1.77 bits per heavy atom. The Balaban J connectivity index is 1.82. The molecule has 0 fully saturated rings. The van der Waals surface area contributed by atoms with Gasteiger partial charge < -0.3 is 14.6 Å². The minimum absolute atomic E-state index is 0.0170. The standard InChI is InChI=1S/C23H28N2O4Si/c1-30(2,3)14-13-28-17-25-21(15-20(24-25)23(26)27)19-11-7-8-12-22(19)29-16-18-9-5-4-6-10-18/h4-12,15H,13-14,16-17H2,1-3H3,(H,26,27). The molecule has 3 aromatic rings. The van der Waals surface area contributed by atoms with Crippen molar-refractivity contribution in [2.45, 2.75) is 39.0 Å². The highest BCUT2D eigenvalue weighted by Gasteiger charge is 2.18. The average molecular weight is 425 g/mol. The zero-order chi connectivity index (χ0) is 21.6. The lowest BCUT2D eigenvalue weighted by Crippen LogP contribution is -2.22. The third kappa shape index (κ3) is 6.05. The van der Waals surface area contributed by atoms with Crippen molar-refractivity contribution in [3.63, 3.8) is 0 Å². The third-order valence-corrected chi connectivity index (χ3v) is 6.31. The molecular formula is C23H28N2O4Si. The van der Waals surface area contributed by atoms with Crippen molar-refractivity contribution in [1.82, 2.24) is 9.78 Å². The molecule has 0 atom stereocenters. The molecule has 7 heteroatoms. The van der Waals surface area contributed by atoms with Gasteiger partial charge in [-0.3, -0.25) is 0 Å². The van der Waals surface area contributed by atoms with Crippen LogP contribution in [-0.4, -0.2) is 35.5 Å². The molecule has 158 valence electrons. The lowest BCUT2D eigenvalue weighted by molar-refractivity contribution is 0.0673. The summed E-state index contributed by atoms with van der Waals surface area (Å²) in [5, 5.41) is 13.7. The van der Waals surface area contributed by atoms with Crippen LogP contribution in [0.2, 0.25) is 25.7 Å². The fourth-order valence-corrected chi connectivity index (χ4v) is 3.66. The van der Waals surface area contributed by atoms with Gasteiger partial charge in [0.15, 0.2) is 5.69 Å². The smallest absolute Gasteiger partial charge is 0.356 e. The summed E-state index contributed by atoms with van der Waals surface area (Å²) in [5.74, 6) is -0.402. The minimum Gasteiger partial charge on any atom is -0.488 e. The number of aromatic carboxylic acids is 1. The van der Waals surface area contributed by atoms with Crippen LogP contribution in [0.25, 0.3) is 11.3 Å². The molecule has 2 aromatic carbocycles. The Hall–Kier alpha value is -2.90. The van der Waals surface area contributed by atoms with Crippen molar-refractivity contribution >= 4 is 14.0 Å². The van der Waals surface area contributed by atoms with E-state index in [-0.39, 0.29) is 12.4 Å². The molecule has 0 saturated carbocycles. The molecule has 0 amide bonds. The molecule has 1 heterocycles. The highest BCUT2D eigenvalue weighted by molar-refractivity contribution is 6.76. The summed E-state index contributed by atoms with van der Waals surface area (Å²) < 4.78 is 13.5. The van der Waals surface area contributed by atoms with Gasteiger partial charge in [0.05, 0.1) is 5.69 Å². The number of carbonyl (C=O) groups is 1. The summed E-state index contributed by atoms with van der Waals surface area (Å²) in [6, 6.07) is 20.1. The van der Waals surface area contributed by atoms with Gasteiger partial charge in [-0.05, 0) is 29.8 Å². The quantitative estimate of drug-likeness (QED) is 0.360. The second-order valence-corrected chi connectivity index (χ2v) is 14.0. The summed E-state index contributed by atoms with van der Waals surface area (Å²) in [4.78, 5) is 11.5. The van der Waals surface area contributed by atoms with Crippen LogP contribution < -0.4 is 4.74 Å². The van der Waals surface area contributed by atoms with Crippen LogP contribution in [0, 0.1) is 0 Å². The van der Waals surface area contributed by atoms with E-state index in [9.17, 15) is 9.90 Å². The minimum atomic E-state index is -1.21. The molecule has 0 bridgehead atoms. The molecule has 30 heavy (non-hydrogen) atoms. The summed E-state index contributed by atoms with van der Waals surface area (Å²) in [7, 11) is -1.21. The summed E-state index contributed by atoms with van der Waals surface area (Å²) in [6.07, 6.45) is 0. The lowest BCUT2D eigenvalue weighted by atomic mass is 10.1. The highest BCUT2D eigenvalue weighted by atomic mass is 28.3. The molecule has 3 rings (SSSR count). The van der Waals surface area contributed by atoms with E-state index >= 15 is 0 Å². The van der Waals surface area contributed by atoms with Gasteiger partial charge >= 0.3 is 5.97 Å². The number of rotatable bonds is 10. The van der Waals surface area contributed by atoms with Crippen LogP contribution in [0.1, 0.15) is 16.1 Å². The molecule has 1 N–H and O–H groups in total. The maximum atomic E-state index is 11.5. The van der Waals surface area contributed by atoms with Gasteiger partial charge in [0.25, 0.3) is 0 Å². The summed E-state index contributed by atoms with van der Waals surface area (Å²) in [5.41, 5.74) is 2.48. The average Bonchev–Trinajstić information content (AvgIpc) is 3.14. The van der Waals surface area contributed by atoms with Crippen LogP contribution >= 0.6 is 0 Å². The predicted molar refractivity (Wildman–Crippen MR) is 120 cm³/mol. The van der Waals surface area contributed by atoms with Gasteiger partial charge in [-0.15, -0.1) is 0 Å².